The number of rotatable bonds is 8. The van der Waals surface area contributed by atoms with Crippen molar-refractivity contribution in [2.45, 2.75) is 20.5 Å². The number of aryl methyl sites for hydroxylation is 2. The average Bonchev–Trinajstić information content (AvgIpc) is 3.13. The molecule has 7 nitrogen and oxygen atoms in total. The molecule has 0 saturated carbocycles. The van der Waals surface area contributed by atoms with Gasteiger partial charge in [0.15, 0.2) is 11.5 Å². The number of nitrogens with zero attached hydrogens (tertiary/aromatic N) is 1. The predicted molar refractivity (Wildman–Crippen MR) is 154 cm³/mol. The Morgan fingerprint density at radius 3 is 2.46 bits per heavy atom. The summed E-state index contributed by atoms with van der Waals surface area (Å²) < 4.78 is 12.5. The molecule has 190 valence electrons. The number of carbonyl (C=O) groups is 3. The maximum atomic E-state index is 12.9. The Bertz CT molecular complexity index is 1390. The third kappa shape index (κ3) is 6.72. The van der Waals surface area contributed by atoms with Gasteiger partial charge in [-0.1, -0.05) is 24.3 Å². The minimum Gasteiger partial charge on any atom is -0.493 e. The van der Waals surface area contributed by atoms with Gasteiger partial charge in [0.05, 0.1) is 12.0 Å². The van der Waals surface area contributed by atoms with E-state index in [-0.39, 0.29) is 11.4 Å². The van der Waals surface area contributed by atoms with Gasteiger partial charge in [-0.3, -0.25) is 19.3 Å². The van der Waals surface area contributed by atoms with Crippen LogP contribution in [0.25, 0.3) is 6.08 Å². The van der Waals surface area contributed by atoms with Crippen molar-refractivity contribution >= 4 is 63.2 Å². The van der Waals surface area contributed by atoms with Crippen LogP contribution < -0.4 is 14.8 Å². The van der Waals surface area contributed by atoms with E-state index in [0.717, 1.165) is 36.9 Å². The van der Waals surface area contributed by atoms with Crippen molar-refractivity contribution in [2.24, 2.45) is 0 Å². The maximum Gasteiger partial charge on any atom is 0.294 e. The van der Waals surface area contributed by atoms with Gasteiger partial charge < -0.3 is 14.8 Å². The second-order valence-corrected chi connectivity index (χ2v) is 10.7. The summed E-state index contributed by atoms with van der Waals surface area (Å²) in [5.74, 6) is 0.118. The van der Waals surface area contributed by atoms with E-state index in [1.807, 2.05) is 50.2 Å². The minimum atomic E-state index is -0.511. The number of methoxy groups -OCH3 is 1. The van der Waals surface area contributed by atoms with Gasteiger partial charge in [0.25, 0.3) is 11.1 Å². The number of benzene rings is 3. The molecule has 1 N–H and O–H groups in total. The van der Waals surface area contributed by atoms with E-state index in [1.54, 1.807) is 37.5 Å². The Labute approximate surface area is 233 Å². The van der Waals surface area contributed by atoms with Gasteiger partial charge in [-0.15, -0.1) is 0 Å². The second-order valence-electron chi connectivity index (χ2n) is 8.44. The van der Waals surface area contributed by atoms with Crippen LogP contribution in [0.15, 0.2) is 65.6 Å². The Hall–Kier alpha value is -3.31. The fraction of sp³-hybridized carbons (Fsp3) is 0.179. The van der Waals surface area contributed by atoms with Crippen LogP contribution in [0.2, 0.25) is 0 Å². The highest BCUT2D eigenvalue weighted by Crippen LogP contribution is 2.35. The summed E-state index contributed by atoms with van der Waals surface area (Å²) in [6, 6.07) is 18.9. The summed E-state index contributed by atoms with van der Waals surface area (Å²) in [5.41, 5.74) is 4.46. The van der Waals surface area contributed by atoms with Crippen LogP contribution in [0, 0.1) is 17.4 Å². The molecular weight excluding hydrogens is 603 g/mol. The topological polar surface area (TPSA) is 84.9 Å². The molecule has 0 aliphatic carbocycles. The molecular formula is C28H25IN2O5S. The number of hydrogen-bond acceptors (Lipinski definition) is 6. The molecule has 0 bridgehead atoms. The summed E-state index contributed by atoms with van der Waals surface area (Å²) >= 11 is 3.05. The van der Waals surface area contributed by atoms with Crippen molar-refractivity contribution in [1.29, 1.82) is 0 Å². The lowest BCUT2D eigenvalue weighted by atomic mass is 10.1. The van der Waals surface area contributed by atoms with Crippen molar-refractivity contribution < 1.29 is 23.9 Å². The van der Waals surface area contributed by atoms with Crippen LogP contribution in [0.5, 0.6) is 11.5 Å². The lowest BCUT2D eigenvalue weighted by Gasteiger charge is -2.13. The van der Waals surface area contributed by atoms with Gasteiger partial charge in [0.2, 0.25) is 5.91 Å². The summed E-state index contributed by atoms with van der Waals surface area (Å²) in [7, 11) is 1.54. The monoisotopic (exact) mass is 628 g/mol. The van der Waals surface area contributed by atoms with Crippen LogP contribution in [0.1, 0.15) is 22.3 Å². The van der Waals surface area contributed by atoms with Gasteiger partial charge in [0.1, 0.15) is 13.2 Å². The fourth-order valence-corrected chi connectivity index (χ4v) is 4.78. The first kappa shape index (κ1) is 26.7. The van der Waals surface area contributed by atoms with Crippen LogP contribution >= 0.6 is 34.4 Å². The fourth-order valence-electron chi connectivity index (χ4n) is 3.59. The van der Waals surface area contributed by atoms with E-state index < -0.39 is 17.1 Å². The highest BCUT2D eigenvalue weighted by Gasteiger charge is 2.36. The number of anilines is 1. The molecule has 3 aromatic carbocycles. The molecule has 3 amide bonds. The smallest absolute Gasteiger partial charge is 0.294 e. The van der Waals surface area contributed by atoms with E-state index in [1.165, 1.54) is 0 Å². The molecule has 1 heterocycles. The first-order valence-electron chi connectivity index (χ1n) is 11.4. The molecule has 0 radical (unpaired) electrons. The molecule has 0 aromatic heterocycles. The molecule has 0 unspecified atom stereocenters. The quantitative estimate of drug-likeness (QED) is 0.237. The Kier molecular flexibility index (Phi) is 8.55. The number of halogens is 1. The highest BCUT2D eigenvalue weighted by molar-refractivity contribution is 14.1. The van der Waals surface area contributed by atoms with Crippen molar-refractivity contribution in [3.8, 4) is 11.5 Å². The number of ether oxygens (including phenoxy) is 2. The molecule has 1 fully saturated rings. The number of nitrogens with one attached hydrogen (secondary N) is 1. The second kappa shape index (κ2) is 11.8. The SMILES string of the molecule is COc1cc(/C=C2\SC(=O)N(CC(=O)Nc3ccc(C)c(C)c3)C2=O)ccc1OCc1ccc(I)cc1. The first-order chi connectivity index (χ1) is 17.7. The normalized spacial score (nSPS) is 14.3. The van der Waals surface area contributed by atoms with Crippen LogP contribution in [-0.2, 0) is 16.2 Å². The van der Waals surface area contributed by atoms with E-state index in [9.17, 15) is 14.4 Å². The minimum absolute atomic E-state index is 0.235. The number of thioether (sulfide) groups is 1. The Morgan fingerprint density at radius 1 is 1.00 bits per heavy atom. The Morgan fingerprint density at radius 2 is 1.76 bits per heavy atom. The van der Waals surface area contributed by atoms with Crippen molar-refractivity contribution in [2.75, 3.05) is 19.0 Å². The lowest BCUT2D eigenvalue weighted by Crippen LogP contribution is -2.36. The molecule has 1 aliphatic heterocycles. The summed E-state index contributed by atoms with van der Waals surface area (Å²) in [5, 5.41) is 2.26. The van der Waals surface area contributed by atoms with Gasteiger partial charge in [-0.2, -0.15) is 0 Å². The molecule has 0 atom stereocenters. The predicted octanol–water partition coefficient (Wildman–Crippen LogP) is 6.17. The third-order valence-corrected chi connectivity index (χ3v) is 7.39. The molecule has 1 saturated heterocycles. The van der Waals surface area contributed by atoms with Gasteiger partial charge in [0, 0.05) is 9.26 Å². The molecule has 3 aromatic rings. The van der Waals surface area contributed by atoms with Crippen LogP contribution in [-0.4, -0.2) is 35.6 Å². The zero-order valence-electron chi connectivity index (χ0n) is 20.5. The van der Waals surface area contributed by atoms with E-state index in [2.05, 4.69) is 27.9 Å². The molecule has 0 spiro atoms. The first-order valence-corrected chi connectivity index (χ1v) is 13.3. The van der Waals surface area contributed by atoms with E-state index in [0.29, 0.717) is 29.4 Å². The van der Waals surface area contributed by atoms with Crippen LogP contribution in [0.4, 0.5) is 10.5 Å². The average molecular weight is 628 g/mol. The molecule has 37 heavy (non-hydrogen) atoms. The standard InChI is InChI=1S/C28H25IN2O5S/c1-17-4-10-22(12-18(17)2)30-26(32)15-31-27(33)25(37-28(31)34)14-20-7-11-23(24(13-20)35-3)36-16-19-5-8-21(29)9-6-19/h4-14H,15-16H2,1-3H3,(H,30,32)/b25-14-. The zero-order valence-corrected chi connectivity index (χ0v) is 23.5. The third-order valence-electron chi connectivity index (χ3n) is 5.76. The molecule has 4 rings (SSSR count). The summed E-state index contributed by atoms with van der Waals surface area (Å²) in [6.07, 6.45) is 1.61. The summed E-state index contributed by atoms with van der Waals surface area (Å²) in [4.78, 5) is 39.1. The number of hydrogen-bond donors (Lipinski definition) is 1. The number of imide groups is 1. The van der Waals surface area contributed by atoms with Gasteiger partial charge >= 0.3 is 0 Å². The number of amides is 3. The molecule has 9 heteroatoms. The van der Waals surface area contributed by atoms with Crippen molar-refractivity contribution in [1.82, 2.24) is 4.90 Å². The van der Waals surface area contributed by atoms with Crippen molar-refractivity contribution in [3.05, 3.63) is 91.4 Å². The zero-order chi connectivity index (χ0) is 26.5. The van der Waals surface area contributed by atoms with Gasteiger partial charge in [-0.05, 0) is 113 Å². The van der Waals surface area contributed by atoms with E-state index >= 15 is 0 Å². The molecule has 1 aliphatic rings. The summed E-state index contributed by atoms with van der Waals surface area (Å²) in [6.45, 7) is 3.96. The maximum absolute atomic E-state index is 12.9. The van der Waals surface area contributed by atoms with Crippen LogP contribution in [0.3, 0.4) is 0 Å². The highest BCUT2D eigenvalue weighted by atomic mass is 127. The Balaban J connectivity index is 1.42. The largest absolute Gasteiger partial charge is 0.493 e. The number of carbonyl (C=O) groups excluding carboxylic acids is 3. The lowest BCUT2D eigenvalue weighted by molar-refractivity contribution is -0.127. The van der Waals surface area contributed by atoms with Crippen molar-refractivity contribution in [3.63, 3.8) is 0 Å². The van der Waals surface area contributed by atoms with E-state index in [4.69, 9.17) is 9.47 Å². The van der Waals surface area contributed by atoms with Gasteiger partial charge in [-0.25, -0.2) is 0 Å².